The topological polar surface area (TPSA) is 76.1 Å². The van der Waals surface area contributed by atoms with Crippen LogP contribution in [0.2, 0.25) is 0 Å². The molecular formula is C17H24O5. The Morgan fingerprint density at radius 1 is 1.27 bits per heavy atom. The van der Waals surface area contributed by atoms with E-state index >= 15 is 0 Å². The maximum atomic E-state index is 11.4. The summed E-state index contributed by atoms with van der Waals surface area (Å²) in [4.78, 5) is 22.8. The van der Waals surface area contributed by atoms with E-state index in [2.05, 4.69) is 20.4 Å². The minimum Gasteiger partial charge on any atom is -0.478 e. The van der Waals surface area contributed by atoms with Gasteiger partial charge in [0.05, 0.1) is 5.60 Å². The Morgan fingerprint density at radius 2 is 1.95 bits per heavy atom. The zero-order valence-corrected chi connectivity index (χ0v) is 13.5. The molecule has 0 bridgehead atoms. The Morgan fingerprint density at radius 3 is 2.55 bits per heavy atom. The Hall–Kier alpha value is -1.36. The van der Waals surface area contributed by atoms with E-state index < -0.39 is 12.1 Å². The number of carbonyl (C=O) groups excluding carboxylic acids is 1. The first-order valence-corrected chi connectivity index (χ1v) is 7.94. The molecule has 1 spiro atoms. The molecule has 2 aliphatic carbocycles. The lowest BCUT2D eigenvalue weighted by Gasteiger charge is -2.50. The average molecular weight is 308 g/mol. The van der Waals surface area contributed by atoms with Crippen LogP contribution in [0.4, 0.5) is 0 Å². The van der Waals surface area contributed by atoms with Gasteiger partial charge in [0.15, 0.2) is 0 Å². The summed E-state index contributed by atoms with van der Waals surface area (Å²) in [5.41, 5.74) is -0.419. The molecule has 0 unspecified atom stereocenters. The monoisotopic (exact) mass is 308 g/mol. The zero-order valence-electron chi connectivity index (χ0n) is 13.5. The van der Waals surface area contributed by atoms with Gasteiger partial charge in [-0.1, -0.05) is 13.5 Å². The number of carboxylic acid groups (broad SMARTS) is 1. The molecule has 0 aromatic carbocycles. The van der Waals surface area contributed by atoms with Gasteiger partial charge in [-0.2, -0.15) is 0 Å². The van der Waals surface area contributed by atoms with Crippen LogP contribution in [0, 0.1) is 11.3 Å². The molecule has 5 atom stereocenters. The lowest BCUT2D eigenvalue weighted by Crippen LogP contribution is -2.54. The zero-order chi connectivity index (χ0) is 16.3. The van der Waals surface area contributed by atoms with E-state index in [1.807, 2.05) is 0 Å². The van der Waals surface area contributed by atoms with Gasteiger partial charge in [0, 0.05) is 23.8 Å². The third-order valence-corrected chi connectivity index (χ3v) is 6.22. The van der Waals surface area contributed by atoms with Crippen LogP contribution in [0.3, 0.4) is 0 Å². The van der Waals surface area contributed by atoms with Crippen molar-refractivity contribution in [2.24, 2.45) is 11.3 Å². The molecule has 5 nitrogen and oxygen atoms in total. The summed E-state index contributed by atoms with van der Waals surface area (Å²) < 4.78 is 11.7. The molecule has 2 saturated carbocycles. The second kappa shape index (κ2) is 4.57. The Labute approximate surface area is 130 Å². The van der Waals surface area contributed by atoms with Crippen molar-refractivity contribution in [2.75, 3.05) is 0 Å². The number of ether oxygens (including phenoxy) is 2. The van der Waals surface area contributed by atoms with Gasteiger partial charge in [-0.15, -0.1) is 0 Å². The van der Waals surface area contributed by atoms with Crippen LogP contribution in [-0.2, 0) is 19.1 Å². The predicted molar refractivity (Wildman–Crippen MR) is 79.2 cm³/mol. The van der Waals surface area contributed by atoms with Crippen molar-refractivity contribution >= 4 is 11.9 Å². The third kappa shape index (κ3) is 1.94. The van der Waals surface area contributed by atoms with Crippen LogP contribution >= 0.6 is 0 Å². The van der Waals surface area contributed by atoms with Crippen molar-refractivity contribution in [1.29, 1.82) is 0 Å². The molecule has 1 saturated heterocycles. The summed E-state index contributed by atoms with van der Waals surface area (Å²) in [5.74, 6) is -1.78. The van der Waals surface area contributed by atoms with E-state index in [4.69, 9.17) is 9.47 Å². The van der Waals surface area contributed by atoms with Crippen LogP contribution in [0.1, 0.15) is 52.9 Å². The van der Waals surface area contributed by atoms with Crippen molar-refractivity contribution in [1.82, 2.24) is 0 Å². The number of rotatable bonds is 3. The van der Waals surface area contributed by atoms with Crippen molar-refractivity contribution < 1.29 is 24.2 Å². The van der Waals surface area contributed by atoms with E-state index in [0.717, 1.165) is 19.3 Å². The molecule has 1 heterocycles. The number of hydrogen-bond donors (Lipinski definition) is 1. The number of carboxylic acids is 1. The van der Waals surface area contributed by atoms with Crippen LogP contribution in [0.15, 0.2) is 12.2 Å². The van der Waals surface area contributed by atoms with Gasteiger partial charge in [0.1, 0.15) is 11.7 Å². The average Bonchev–Trinajstić information content (AvgIpc) is 3.01. The summed E-state index contributed by atoms with van der Waals surface area (Å²) in [6.07, 6.45) is 3.90. The highest BCUT2D eigenvalue weighted by Gasteiger charge is 2.78. The van der Waals surface area contributed by atoms with Crippen LogP contribution in [0.5, 0.6) is 0 Å². The fourth-order valence-corrected chi connectivity index (χ4v) is 5.03. The molecular weight excluding hydrogens is 284 g/mol. The number of esters is 1. The maximum Gasteiger partial charge on any atom is 0.331 e. The summed E-state index contributed by atoms with van der Waals surface area (Å²) >= 11 is 0. The lowest BCUT2D eigenvalue weighted by atomic mass is 9.53. The largest absolute Gasteiger partial charge is 0.478 e. The molecule has 122 valence electrons. The van der Waals surface area contributed by atoms with Gasteiger partial charge >= 0.3 is 11.9 Å². The minimum atomic E-state index is -1.03. The SMILES string of the molecule is C=C(C(=O)O)[C@H]1C[C@@]23O[C@@]2(C)CCC[C@]3(C)C[C@@H]1OC(C)=O. The smallest absolute Gasteiger partial charge is 0.331 e. The highest BCUT2D eigenvalue weighted by atomic mass is 16.6. The number of carbonyl (C=O) groups is 2. The Bertz CT molecular complexity index is 555. The van der Waals surface area contributed by atoms with E-state index in [-0.39, 0.29) is 34.1 Å². The van der Waals surface area contributed by atoms with E-state index in [0.29, 0.717) is 12.8 Å². The number of hydrogen-bond acceptors (Lipinski definition) is 4. The van der Waals surface area contributed by atoms with Crippen molar-refractivity contribution in [2.45, 2.75) is 70.2 Å². The summed E-state index contributed by atoms with van der Waals surface area (Å²) in [7, 11) is 0. The van der Waals surface area contributed by atoms with E-state index in [1.165, 1.54) is 6.92 Å². The van der Waals surface area contributed by atoms with Gasteiger partial charge in [-0.25, -0.2) is 4.79 Å². The first-order valence-electron chi connectivity index (χ1n) is 7.94. The fourth-order valence-electron chi connectivity index (χ4n) is 5.03. The third-order valence-electron chi connectivity index (χ3n) is 6.22. The maximum absolute atomic E-state index is 11.4. The van der Waals surface area contributed by atoms with Crippen molar-refractivity contribution in [3.05, 3.63) is 12.2 Å². The standard InChI is InChI=1S/C17H24O5/c1-10(14(19)20)12-8-17-15(3,9-13(12)21-11(2)18)6-5-7-16(17,4)22-17/h12-13H,1,5-9H2,2-4H3,(H,19,20)/t12-,13+,15-,16+,17+/m1/s1. The summed E-state index contributed by atoms with van der Waals surface area (Å²) in [6, 6.07) is 0. The molecule has 3 fully saturated rings. The molecule has 1 N–H and O–H groups in total. The first kappa shape index (κ1) is 15.5. The van der Waals surface area contributed by atoms with Crippen molar-refractivity contribution in [3.8, 4) is 0 Å². The minimum absolute atomic E-state index is 0.0740. The molecule has 1 aliphatic heterocycles. The summed E-state index contributed by atoms with van der Waals surface area (Å²) in [6.45, 7) is 9.40. The predicted octanol–water partition coefficient (Wildman–Crippen LogP) is 2.69. The van der Waals surface area contributed by atoms with Crippen LogP contribution in [-0.4, -0.2) is 34.4 Å². The van der Waals surface area contributed by atoms with Gasteiger partial charge < -0.3 is 14.6 Å². The van der Waals surface area contributed by atoms with E-state index in [9.17, 15) is 14.7 Å². The molecule has 0 radical (unpaired) electrons. The van der Waals surface area contributed by atoms with E-state index in [1.54, 1.807) is 0 Å². The molecule has 0 amide bonds. The van der Waals surface area contributed by atoms with Gasteiger partial charge in [-0.05, 0) is 39.0 Å². The fraction of sp³-hybridized carbons (Fsp3) is 0.765. The highest BCUT2D eigenvalue weighted by molar-refractivity contribution is 5.86. The van der Waals surface area contributed by atoms with Crippen LogP contribution in [0.25, 0.3) is 0 Å². The molecule has 3 rings (SSSR count). The molecule has 0 aromatic heterocycles. The van der Waals surface area contributed by atoms with Gasteiger partial charge in [-0.3, -0.25) is 4.79 Å². The first-order chi connectivity index (χ1) is 10.1. The molecule has 0 aromatic rings. The van der Waals surface area contributed by atoms with Crippen molar-refractivity contribution in [3.63, 3.8) is 0 Å². The Kier molecular flexibility index (Phi) is 3.23. The lowest BCUT2D eigenvalue weighted by molar-refractivity contribution is -0.158. The highest BCUT2D eigenvalue weighted by Crippen LogP contribution is 2.71. The number of aliphatic carboxylic acids is 1. The summed E-state index contributed by atoms with van der Waals surface area (Å²) in [5, 5.41) is 9.33. The quantitative estimate of drug-likeness (QED) is 0.493. The van der Waals surface area contributed by atoms with Crippen LogP contribution < -0.4 is 0 Å². The second-order valence-corrected chi connectivity index (χ2v) is 7.57. The normalized spacial score (nSPS) is 46.1. The second-order valence-electron chi connectivity index (χ2n) is 7.57. The molecule has 3 aliphatic rings. The van der Waals surface area contributed by atoms with Gasteiger partial charge in [0.25, 0.3) is 0 Å². The molecule has 22 heavy (non-hydrogen) atoms. The Balaban J connectivity index is 1.94. The number of epoxide rings is 1. The van der Waals surface area contributed by atoms with Gasteiger partial charge in [0.2, 0.25) is 0 Å². The molecule has 5 heteroatoms.